The highest BCUT2D eigenvalue weighted by Crippen LogP contribution is 2.19. The van der Waals surface area contributed by atoms with Gasteiger partial charge < -0.3 is 15.1 Å². The van der Waals surface area contributed by atoms with E-state index in [0.29, 0.717) is 37.4 Å². The van der Waals surface area contributed by atoms with E-state index in [4.69, 9.17) is 11.6 Å². The van der Waals surface area contributed by atoms with Crippen molar-refractivity contribution in [3.8, 4) is 0 Å². The first-order chi connectivity index (χ1) is 12.0. The van der Waals surface area contributed by atoms with E-state index >= 15 is 0 Å². The third-order valence-corrected chi connectivity index (χ3v) is 4.35. The number of benzene rings is 2. The van der Waals surface area contributed by atoms with Crippen molar-refractivity contribution in [3.63, 3.8) is 0 Å². The molecule has 0 aliphatic carbocycles. The van der Waals surface area contributed by atoms with Gasteiger partial charge in [-0.25, -0.2) is 9.18 Å². The van der Waals surface area contributed by atoms with E-state index in [1.165, 1.54) is 12.1 Å². The molecule has 1 fully saturated rings. The summed E-state index contributed by atoms with van der Waals surface area (Å²) in [5.41, 5.74) is 0.978. The van der Waals surface area contributed by atoms with E-state index in [0.717, 1.165) is 0 Å². The maximum Gasteiger partial charge on any atom is 0.321 e. The first-order valence-corrected chi connectivity index (χ1v) is 8.28. The van der Waals surface area contributed by atoms with Crippen LogP contribution < -0.4 is 5.32 Å². The molecule has 1 saturated heterocycles. The molecular formula is C18H17ClFN3O2. The third kappa shape index (κ3) is 4.09. The lowest BCUT2D eigenvalue weighted by Crippen LogP contribution is -2.51. The number of piperazine rings is 1. The Morgan fingerprint density at radius 2 is 1.60 bits per heavy atom. The Bertz CT molecular complexity index is 777. The number of nitrogens with one attached hydrogen (secondary N) is 1. The van der Waals surface area contributed by atoms with Crippen molar-refractivity contribution in [2.45, 2.75) is 0 Å². The number of carbonyl (C=O) groups excluding carboxylic acids is 2. The van der Waals surface area contributed by atoms with E-state index in [9.17, 15) is 14.0 Å². The van der Waals surface area contributed by atoms with E-state index in [-0.39, 0.29) is 17.0 Å². The van der Waals surface area contributed by atoms with Crippen LogP contribution in [0.4, 0.5) is 14.9 Å². The van der Waals surface area contributed by atoms with E-state index in [2.05, 4.69) is 5.32 Å². The molecule has 5 nitrogen and oxygen atoms in total. The third-order valence-electron chi connectivity index (χ3n) is 4.05. The van der Waals surface area contributed by atoms with Crippen molar-refractivity contribution in [2.75, 3.05) is 31.5 Å². The molecule has 1 N–H and O–H groups in total. The number of urea groups is 1. The highest BCUT2D eigenvalue weighted by atomic mass is 35.5. The minimum atomic E-state index is -0.585. The van der Waals surface area contributed by atoms with Crippen LogP contribution in [0.15, 0.2) is 48.5 Å². The molecule has 2 aromatic carbocycles. The number of anilines is 1. The van der Waals surface area contributed by atoms with Crippen LogP contribution >= 0.6 is 11.6 Å². The van der Waals surface area contributed by atoms with Gasteiger partial charge in [-0.2, -0.15) is 0 Å². The van der Waals surface area contributed by atoms with Crippen LogP contribution in [-0.2, 0) is 0 Å². The first-order valence-electron chi connectivity index (χ1n) is 7.90. The molecule has 1 heterocycles. The molecule has 0 saturated carbocycles. The van der Waals surface area contributed by atoms with Crippen LogP contribution in [-0.4, -0.2) is 47.9 Å². The molecule has 0 radical (unpaired) electrons. The standard InChI is InChI=1S/C18H17ClFN3O2/c19-15-7-6-14(12-16(15)20)21-18(25)23-10-8-22(9-11-23)17(24)13-4-2-1-3-5-13/h1-7,12H,8-11H2,(H,21,25). The summed E-state index contributed by atoms with van der Waals surface area (Å²) in [6, 6.07) is 12.8. The number of halogens is 2. The quantitative estimate of drug-likeness (QED) is 0.890. The zero-order valence-corrected chi connectivity index (χ0v) is 14.2. The van der Waals surface area contributed by atoms with Crippen LogP contribution in [0.25, 0.3) is 0 Å². The van der Waals surface area contributed by atoms with Gasteiger partial charge in [0, 0.05) is 37.4 Å². The van der Waals surface area contributed by atoms with Crippen molar-refractivity contribution < 1.29 is 14.0 Å². The molecular weight excluding hydrogens is 345 g/mol. The Morgan fingerprint density at radius 1 is 0.960 bits per heavy atom. The number of rotatable bonds is 2. The monoisotopic (exact) mass is 361 g/mol. The fourth-order valence-corrected chi connectivity index (χ4v) is 2.77. The minimum Gasteiger partial charge on any atom is -0.335 e. The first kappa shape index (κ1) is 17.2. The number of hydrogen-bond donors (Lipinski definition) is 1. The molecule has 2 aromatic rings. The molecule has 0 unspecified atom stereocenters. The number of carbonyl (C=O) groups is 2. The largest absolute Gasteiger partial charge is 0.335 e. The van der Waals surface area contributed by atoms with Gasteiger partial charge in [0.1, 0.15) is 5.82 Å². The predicted molar refractivity (Wildman–Crippen MR) is 94.3 cm³/mol. The van der Waals surface area contributed by atoms with Gasteiger partial charge in [-0.3, -0.25) is 4.79 Å². The molecule has 0 spiro atoms. The lowest BCUT2D eigenvalue weighted by atomic mass is 10.2. The summed E-state index contributed by atoms with van der Waals surface area (Å²) in [4.78, 5) is 28.0. The van der Waals surface area contributed by atoms with Crippen LogP contribution in [0.1, 0.15) is 10.4 Å². The molecule has 25 heavy (non-hydrogen) atoms. The summed E-state index contributed by atoms with van der Waals surface area (Å²) >= 11 is 5.63. The van der Waals surface area contributed by atoms with Gasteiger partial charge in [0.2, 0.25) is 0 Å². The van der Waals surface area contributed by atoms with E-state index < -0.39 is 5.82 Å². The van der Waals surface area contributed by atoms with Crippen molar-refractivity contribution in [3.05, 3.63) is 64.9 Å². The summed E-state index contributed by atoms with van der Waals surface area (Å²) in [6.07, 6.45) is 0. The number of hydrogen-bond acceptors (Lipinski definition) is 2. The number of amides is 3. The summed E-state index contributed by atoms with van der Waals surface area (Å²) in [6.45, 7) is 1.74. The lowest BCUT2D eigenvalue weighted by Gasteiger charge is -2.34. The van der Waals surface area contributed by atoms with Gasteiger partial charge in [-0.15, -0.1) is 0 Å². The van der Waals surface area contributed by atoms with Gasteiger partial charge in [0.05, 0.1) is 5.02 Å². The SMILES string of the molecule is O=C(Nc1ccc(Cl)c(F)c1)N1CCN(C(=O)c2ccccc2)CC1. The lowest BCUT2D eigenvalue weighted by molar-refractivity contribution is 0.0671. The maximum absolute atomic E-state index is 13.4. The van der Waals surface area contributed by atoms with E-state index in [1.807, 2.05) is 18.2 Å². The summed E-state index contributed by atoms with van der Waals surface area (Å²) in [5.74, 6) is -0.627. The predicted octanol–water partition coefficient (Wildman–Crippen LogP) is 3.47. The zero-order valence-electron chi connectivity index (χ0n) is 13.4. The van der Waals surface area contributed by atoms with Gasteiger partial charge >= 0.3 is 6.03 Å². The molecule has 7 heteroatoms. The Hall–Kier alpha value is -2.60. The summed E-state index contributed by atoms with van der Waals surface area (Å²) in [5, 5.41) is 2.65. The second kappa shape index (κ2) is 7.53. The smallest absolute Gasteiger partial charge is 0.321 e. The van der Waals surface area contributed by atoms with Crippen molar-refractivity contribution in [2.24, 2.45) is 0 Å². The highest BCUT2D eigenvalue weighted by molar-refractivity contribution is 6.30. The molecule has 3 rings (SSSR count). The average molecular weight is 362 g/mol. The fraction of sp³-hybridized carbons (Fsp3) is 0.222. The molecule has 1 aliphatic heterocycles. The van der Waals surface area contributed by atoms with Crippen LogP contribution in [0.2, 0.25) is 5.02 Å². The van der Waals surface area contributed by atoms with Gasteiger partial charge in [-0.05, 0) is 30.3 Å². The van der Waals surface area contributed by atoms with Gasteiger partial charge in [-0.1, -0.05) is 29.8 Å². The molecule has 1 aliphatic rings. The molecule has 130 valence electrons. The topological polar surface area (TPSA) is 52.7 Å². The summed E-state index contributed by atoms with van der Waals surface area (Å²) < 4.78 is 13.4. The van der Waals surface area contributed by atoms with E-state index in [1.54, 1.807) is 28.0 Å². The maximum atomic E-state index is 13.4. The highest BCUT2D eigenvalue weighted by Gasteiger charge is 2.24. The minimum absolute atomic E-state index is 0.00559. The Morgan fingerprint density at radius 3 is 2.24 bits per heavy atom. The van der Waals surface area contributed by atoms with Crippen molar-refractivity contribution >= 4 is 29.2 Å². The Balaban J connectivity index is 1.55. The molecule has 0 atom stereocenters. The van der Waals surface area contributed by atoms with Gasteiger partial charge in [0.15, 0.2) is 0 Å². The van der Waals surface area contributed by atoms with Crippen LogP contribution in [0.3, 0.4) is 0 Å². The normalized spacial score (nSPS) is 14.3. The van der Waals surface area contributed by atoms with Crippen molar-refractivity contribution in [1.29, 1.82) is 0 Å². The molecule has 0 bridgehead atoms. The summed E-state index contributed by atoms with van der Waals surface area (Å²) in [7, 11) is 0. The molecule has 3 amide bonds. The van der Waals surface area contributed by atoms with Crippen LogP contribution in [0, 0.1) is 5.82 Å². The molecule has 0 aromatic heterocycles. The number of nitrogens with zero attached hydrogens (tertiary/aromatic N) is 2. The fourth-order valence-electron chi connectivity index (χ4n) is 2.65. The second-order valence-corrected chi connectivity index (χ2v) is 6.11. The van der Waals surface area contributed by atoms with Gasteiger partial charge in [0.25, 0.3) is 5.91 Å². The Kier molecular flexibility index (Phi) is 5.19. The van der Waals surface area contributed by atoms with Crippen molar-refractivity contribution in [1.82, 2.24) is 9.80 Å². The Labute approximate surface area is 150 Å². The average Bonchev–Trinajstić information content (AvgIpc) is 2.65. The van der Waals surface area contributed by atoms with Crippen LogP contribution in [0.5, 0.6) is 0 Å². The second-order valence-electron chi connectivity index (χ2n) is 5.70. The zero-order chi connectivity index (χ0) is 17.8.